The summed E-state index contributed by atoms with van der Waals surface area (Å²) >= 11 is 0. The molecule has 2 N–H and O–H groups in total. The summed E-state index contributed by atoms with van der Waals surface area (Å²) in [6.07, 6.45) is 2.51. The summed E-state index contributed by atoms with van der Waals surface area (Å²) in [5, 5.41) is 9.77. The van der Waals surface area contributed by atoms with Crippen molar-refractivity contribution >= 4 is 6.03 Å². The molecule has 9 nitrogen and oxygen atoms in total. The lowest BCUT2D eigenvalue weighted by Gasteiger charge is -2.34. The second-order valence-corrected chi connectivity index (χ2v) is 6.23. The van der Waals surface area contributed by atoms with Crippen LogP contribution in [0, 0.1) is 0 Å². The third kappa shape index (κ3) is 5.15. The number of carbonyl (C=O) groups excluding carboxylic acids is 1. The van der Waals surface area contributed by atoms with Gasteiger partial charge >= 0.3 is 6.03 Å². The molecule has 2 fully saturated rings. The molecule has 1 aromatic heterocycles. The summed E-state index contributed by atoms with van der Waals surface area (Å²) in [6.45, 7) is 9.40. The molecular weight excluding hydrogens is 310 g/mol. The molecule has 2 saturated heterocycles. The maximum absolute atomic E-state index is 12.2. The largest absolute Gasteiger partial charge is 0.379 e. The normalized spacial score (nSPS) is 20.2. The molecule has 3 rings (SSSR count). The van der Waals surface area contributed by atoms with Crippen molar-refractivity contribution in [1.82, 2.24) is 35.2 Å². The lowest BCUT2D eigenvalue weighted by molar-refractivity contribution is 0.0374. The van der Waals surface area contributed by atoms with Gasteiger partial charge in [0.2, 0.25) is 0 Å². The van der Waals surface area contributed by atoms with Crippen molar-refractivity contribution in [2.24, 2.45) is 0 Å². The van der Waals surface area contributed by atoms with Gasteiger partial charge in [-0.3, -0.25) is 14.9 Å². The van der Waals surface area contributed by atoms with Crippen LogP contribution in [0.4, 0.5) is 4.79 Å². The van der Waals surface area contributed by atoms with Gasteiger partial charge in [0.1, 0.15) is 12.2 Å². The van der Waals surface area contributed by atoms with E-state index in [4.69, 9.17) is 4.74 Å². The number of aromatic nitrogens is 3. The minimum Gasteiger partial charge on any atom is -0.379 e. The van der Waals surface area contributed by atoms with Crippen molar-refractivity contribution in [1.29, 1.82) is 0 Å². The summed E-state index contributed by atoms with van der Waals surface area (Å²) in [4.78, 5) is 22.9. The highest BCUT2D eigenvalue weighted by molar-refractivity contribution is 5.74. The van der Waals surface area contributed by atoms with Gasteiger partial charge < -0.3 is 15.0 Å². The number of urea groups is 1. The second kappa shape index (κ2) is 8.95. The minimum absolute atomic E-state index is 0.0521. The van der Waals surface area contributed by atoms with Crippen LogP contribution in [-0.2, 0) is 11.3 Å². The molecule has 0 atom stereocenters. The van der Waals surface area contributed by atoms with E-state index < -0.39 is 0 Å². The number of H-pyrrole nitrogens is 1. The zero-order valence-corrected chi connectivity index (χ0v) is 14.1. The number of morpholine rings is 1. The van der Waals surface area contributed by atoms with Gasteiger partial charge in [0.05, 0.1) is 19.8 Å². The van der Waals surface area contributed by atoms with Crippen molar-refractivity contribution in [3.05, 3.63) is 12.2 Å². The van der Waals surface area contributed by atoms with Gasteiger partial charge in [-0.1, -0.05) is 0 Å². The molecule has 9 heteroatoms. The molecule has 1 aromatic rings. The predicted octanol–water partition coefficient (Wildman–Crippen LogP) is -0.646. The van der Waals surface area contributed by atoms with Crippen LogP contribution in [0.15, 0.2) is 6.33 Å². The third-order valence-electron chi connectivity index (χ3n) is 4.53. The Balaban J connectivity index is 1.27. The predicted molar refractivity (Wildman–Crippen MR) is 88.5 cm³/mol. The first-order chi connectivity index (χ1) is 11.8. The monoisotopic (exact) mass is 337 g/mol. The van der Waals surface area contributed by atoms with Crippen molar-refractivity contribution in [2.45, 2.75) is 13.0 Å². The summed E-state index contributed by atoms with van der Waals surface area (Å²) in [5.74, 6) is 0.871. The molecule has 0 radical (unpaired) electrons. The molecule has 0 aromatic carbocycles. The fraction of sp³-hybridized carbons (Fsp3) is 0.800. The lowest BCUT2D eigenvalue weighted by atomic mass is 10.3. The van der Waals surface area contributed by atoms with Crippen LogP contribution in [0.3, 0.4) is 0 Å². The topological polar surface area (TPSA) is 89.6 Å². The number of piperazine rings is 1. The Morgan fingerprint density at radius 3 is 2.67 bits per heavy atom. The lowest BCUT2D eigenvalue weighted by Crippen LogP contribution is -2.51. The Hall–Kier alpha value is -1.71. The van der Waals surface area contributed by atoms with Crippen LogP contribution in [0.5, 0.6) is 0 Å². The van der Waals surface area contributed by atoms with Crippen LogP contribution in [0.2, 0.25) is 0 Å². The maximum Gasteiger partial charge on any atom is 0.317 e. The summed E-state index contributed by atoms with van der Waals surface area (Å²) < 4.78 is 5.33. The van der Waals surface area contributed by atoms with E-state index in [0.717, 1.165) is 84.4 Å². The SMILES string of the molecule is O=C(NCCCN1CCOCC1)N1CCN(Cc2ncn[nH]2)CC1. The number of nitrogens with zero attached hydrogens (tertiary/aromatic N) is 5. The van der Waals surface area contributed by atoms with Crippen LogP contribution >= 0.6 is 0 Å². The molecule has 0 bridgehead atoms. The molecule has 0 spiro atoms. The molecular formula is C15H27N7O2. The van der Waals surface area contributed by atoms with E-state index >= 15 is 0 Å². The minimum atomic E-state index is 0.0521. The number of ether oxygens (including phenoxy) is 1. The summed E-state index contributed by atoms with van der Waals surface area (Å²) in [6, 6.07) is 0.0521. The van der Waals surface area contributed by atoms with E-state index in [1.807, 2.05) is 4.90 Å². The number of rotatable bonds is 6. The number of aromatic amines is 1. The highest BCUT2D eigenvalue weighted by Gasteiger charge is 2.21. The number of carbonyl (C=O) groups is 1. The first-order valence-electron chi connectivity index (χ1n) is 8.71. The fourth-order valence-corrected chi connectivity index (χ4v) is 3.06. The molecule has 0 saturated carbocycles. The van der Waals surface area contributed by atoms with E-state index in [-0.39, 0.29) is 6.03 Å². The van der Waals surface area contributed by atoms with E-state index in [1.54, 1.807) is 0 Å². The molecule has 24 heavy (non-hydrogen) atoms. The van der Waals surface area contributed by atoms with Gasteiger partial charge in [0.25, 0.3) is 0 Å². The van der Waals surface area contributed by atoms with E-state index in [0.29, 0.717) is 0 Å². The van der Waals surface area contributed by atoms with E-state index in [2.05, 4.69) is 30.3 Å². The number of hydrogen-bond donors (Lipinski definition) is 2. The zero-order chi connectivity index (χ0) is 16.6. The molecule has 0 aliphatic carbocycles. The summed E-state index contributed by atoms with van der Waals surface area (Å²) in [7, 11) is 0. The molecule has 2 aliphatic rings. The highest BCUT2D eigenvalue weighted by Crippen LogP contribution is 2.05. The number of hydrogen-bond acceptors (Lipinski definition) is 6. The quantitative estimate of drug-likeness (QED) is 0.671. The Morgan fingerprint density at radius 1 is 1.17 bits per heavy atom. The Morgan fingerprint density at radius 2 is 1.96 bits per heavy atom. The van der Waals surface area contributed by atoms with Gasteiger partial charge in [-0.15, -0.1) is 0 Å². The van der Waals surface area contributed by atoms with E-state index in [1.165, 1.54) is 6.33 Å². The highest BCUT2D eigenvalue weighted by atomic mass is 16.5. The van der Waals surface area contributed by atoms with Gasteiger partial charge in [-0.25, -0.2) is 9.78 Å². The standard InChI is InChI=1S/C15H27N7O2/c23-15(16-2-1-3-20-8-10-24-11-9-20)22-6-4-21(5-7-22)12-14-17-13-18-19-14/h13H,1-12H2,(H,16,23)(H,17,18,19). The summed E-state index contributed by atoms with van der Waals surface area (Å²) in [5.41, 5.74) is 0. The second-order valence-electron chi connectivity index (χ2n) is 6.23. The third-order valence-corrected chi connectivity index (χ3v) is 4.53. The number of nitrogens with one attached hydrogen (secondary N) is 2. The number of amides is 2. The fourth-order valence-electron chi connectivity index (χ4n) is 3.06. The molecule has 3 heterocycles. The first kappa shape index (κ1) is 17.1. The smallest absolute Gasteiger partial charge is 0.317 e. The van der Waals surface area contributed by atoms with Gasteiger partial charge in [-0.05, 0) is 13.0 Å². The average Bonchev–Trinajstić information content (AvgIpc) is 3.13. The molecule has 0 unspecified atom stereocenters. The average molecular weight is 337 g/mol. The van der Waals surface area contributed by atoms with Crippen molar-refractivity contribution in [2.75, 3.05) is 65.6 Å². The van der Waals surface area contributed by atoms with Crippen LogP contribution < -0.4 is 5.32 Å². The molecule has 2 amide bonds. The van der Waals surface area contributed by atoms with Gasteiger partial charge in [0.15, 0.2) is 0 Å². The van der Waals surface area contributed by atoms with Crippen molar-refractivity contribution in [3.8, 4) is 0 Å². The van der Waals surface area contributed by atoms with Crippen LogP contribution in [0.25, 0.3) is 0 Å². The molecule has 2 aliphatic heterocycles. The van der Waals surface area contributed by atoms with Crippen LogP contribution in [-0.4, -0.2) is 101 Å². The Kier molecular flexibility index (Phi) is 6.39. The van der Waals surface area contributed by atoms with Crippen molar-refractivity contribution < 1.29 is 9.53 Å². The van der Waals surface area contributed by atoms with Crippen molar-refractivity contribution in [3.63, 3.8) is 0 Å². The Bertz CT molecular complexity index is 482. The molecule has 134 valence electrons. The first-order valence-corrected chi connectivity index (χ1v) is 8.71. The van der Waals surface area contributed by atoms with Gasteiger partial charge in [-0.2, -0.15) is 5.10 Å². The van der Waals surface area contributed by atoms with Gasteiger partial charge in [0, 0.05) is 45.8 Å². The maximum atomic E-state index is 12.2. The zero-order valence-electron chi connectivity index (χ0n) is 14.1. The van der Waals surface area contributed by atoms with Crippen LogP contribution in [0.1, 0.15) is 12.2 Å². The van der Waals surface area contributed by atoms with E-state index in [9.17, 15) is 4.79 Å². The Labute approximate surface area is 142 Å².